The van der Waals surface area contributed by atoms with Gasteiger partial charge in [-0.3, -0.25) is 4.79 Å². The maximum absolute atomic E-state index is 12.1. The molecule has 0 saturated carbocycles. The van der Waals surface area contributed by atoms with Crippen LogP contribution in [0.3, 0.4) is 0 Å². The van der Waals surface area contributed by atoms with Crippen LogP contribution in [0.25, 0.3) is 22.3 Å². The third kappa shape index (κ3) is 3.46. The van der Waals surface area contributed by atoms with Gasteiger partial charge in [-0.05, 0) is 24.1 Å². The van der Waals surface area contributed by atoms with Crippen molar-refractivity contribution in [3.63, 3.8) is 0 Å². The van der Waals surface area contributed by atoms with Crippen LogP contribution >= 0.6 is 0 Å². The number of likely N-dealkylation sites (N-methyl/N-ethyl adjacent to an activating group) is 1. The van der Waals surface area contributed by atoms with Crippen molar-refractivity contribution in [2.75, 3.05) is 19.3 Å². The van der Waals surface area contributed by atoms with E-state index >= 15 is 0 Å². The number of hydrogen-bond acceptors (Lipinski definition) is 6. The number of nitrogen functional groups attached to an aromatic ring is 1. The molecule has 0 aliphatic carbocycles. The molecule has 30 heavy (non-hydrogen) atoms. The number of nitrogens with two attached hydrogens (primary N) is 1. The Morgan fingerprint density at radius 3 is 2.77 bits per heavy atom. The topological polar surface area (TPSA) is 105 Å². The number of rotatable bonds is 2. The molecular formula is C23H23N5O2. The molecule has 1 atom stereocenters. The number of likely N-dealkylation sites (tertiary alicyclic amines) is 1. The van der Waals surface area contributed by atoms with Crippen molar-refractivity contribution in [3.8, 4) is 23.2 Å². The van der Waals surface area contributed by atoms with Crippen molar-refractivity contribution in [2.45, 2.75) is 31.8 Å². The monoisotopic (exact) mass is 401 g/mol. The molecule has 0 unspecified atom stereocenters. The first-order valence-electron chi connectivity index (χ1n) is 9.82. The zero-order chi connectivity index (χ0) is 21.5. The zero-order valence-corrected chi connectivity index (χ0v) is 17.2. The van der Waals surface area contributed by atoms with Gasteiger partial charge in [0.05, 0.1) is 5.69 Å². The van der Waals surface area contributed by atoms with Crippen molar-refractivity contribution in [1.29, 1.82) is 0 Å². The number of hydrogen-bond donors (Lipinski definition) is 2. The lowest BCUT2D eigenvalue weighted by molar-refractivity contribution is -0.137. The summed E-state index contributed by atoms with van der Waals surface area (Å²) >= 11 is 0. The second-order valence-corrected chi connectivity index (χ2v) is 7.85. The van der Waals surface area contributed by atoms with Crippen LogP contribution in [0.4, 0.5) is 5.82 Å². The highest BCUT2D eigenvalue weighted by molar-refractivity contribution is 5.91. The van der Waals surface area contributed by atoms with Gasteiger partial charge in [-0.2, -0.15) is 0 Å². The van der Waals surface area contributed by atoms with Crippen molar-refractivity contribution in [2.24, 2.45) is 0 Å². The highest BCUT2D eigenvalue weighted by atomic mass is 16.3. The van der Waals surface area contributed by atoms with Crippen LogP contribution in [0.5, 0.6) is 0 Å². The number of amides is 1. The summed E-state index contributed by atoms with van der Waals surface area (Å²) < 4.78 is 0. The Morgan fingerprint density at radius 2 is 2.07 bits per heavy atom. The Morgan fingerprint density at radius 1 is 1.27 bits per heavy atom. The van der Waals surface area contributed by atoms with Gasteiger partial charge in [0, 0.05) is 42.7 Å². The molecule has 1 amide bonds. The average molecular weight is 401 g/mol. The summed E-state index contributed by atoms with van der Waals surface area (Å²) in [4.78, 5) is 27.2. The fourth-order valence-corrected chi connectivity index (χ4v) is 3.55. The van der Waals surface area contributed by atoms with E-state index in [2.05, 4.69) is 35.7 Å². The molecule has 2 aromatic heterocycles. The van der Waals surface area contributed by atoms with E-state index in [9.17, 15) is 9.90 Å². The smallest absolute Gasteiger partial charge is 0.267 e. The van der Waals surface area contributed by atoms with E-state index < -0.39 is 5.60 Å². The van der Waals surface area contributed by atoms with Gasteiger partial charge in [0.2, 0.25) is 5.60 Å². The second-order valence-electron chi connectivity index (χ2n) is 7.85. The summed E-state index contributed by atoms with van der Waals surface area (Å²) in [5, 5.41) is 11.4. The minimum atomic E-state index is -1.63. The van der Waals surface area contributed by atoms with Crippen molar-refractivity contribution < 1.29 is 9.90 Å². The standard InChI is InChI=1S/C23H23N5O2/c1-14(2)18-17-8-11-25-20(24)19(17)27-21(26-18)16-6-4-5-15(13-16)7-9-23(30)10-12-28(3)22(23)29/h4-6,8,11,13-14,30H,10,12H2,1-3H3,(H2,24,25)/t23-/m1/s1. The van der Waals surface area contributed by atoms with Crippen LogP contribution in [0.1, 0.15) is 37.4 Å². The normalized spacial score (nSPS) is 18.7. The number of nitrogens with zero attached hydrogens (tertiary/aromatic N) is 4. The number of carbonyl (C=O) groups is 1. The summed E-state index contributed by atoms with van der Waals surface area (Å²) in [5.41, 5.74) is 7.40. The molecule has 0 bridgehead atoms. The van der Waals surface area contributed by atoms with Crippen LogP contribution in [0.2, 0.25) is 0 Å². The number of anilines is 1. The fraction of sp³-hybridized carbons (Fsp3) is 0.304. The average Bonchev–Trinajstić information content (AvgIpc) is 3.00. The molecular weight excluding hydrogens is 378 g/mol. The lowest BCUT2D eigenvalue weighted by Gasteiger charge is -2.13. The quantitative estimate of drug-likeness (QED) is 0.639. The van der Waals surface area contributed by atoms with Gasteiger partial charge >= 0.3 is 0 Å². The Bertz CT molecular complexity index is 1210. The molecule has 3 aromatic rings. The molecule has 7 nitrogen and oxygen atoms in total. The fourth-order valence-electron chi connectivity index (χ4n) is 3.55. The van der Waals surface area contributed by atoms with Gasteiger partial charge in [-0.15, -0.1) is 0 Å². The van der Waals surface area contributed by atoms with E-state index in [1.165, 1.54) is 4.90 Å². The van der Waals surface area contributed by atoms with Crippen molar-refractivity contribution >= 4 is 22.6 Å². The molecule has 3 N–H and O–H groups in total. The highest BCUT2D eigenvalue weighted by Gasteiger charge is 2.42. The molecule has 1 aliphatic rings. The van der Waals surface area contributed by atoms with Gasteiger partial charge in [-0.1, -0.05) is 37.8 Å². The van der Waals surface area contributed by atoms with Crippen LogP contribution < -0.4 is 5.73 Å². The predicted molar refractivity (Wildman–Crippen MR) is 115 cm³/mol. The summed E-state index contributed by atoms with van der Waals surface area (Å²) in [5.74, 6) is 6.38. The first kappa shape index (κ1) is 19.8. The summed E-state index contributed by atoms with van der Waals surface area (Å²) in [6.07, 6.45) is 1.96. The molecule has 3 heterocycles. The third-order valence-electron chi connectivity index (χ3n) is 5.26. The molecule has 4 rings (SSSR count). The highest BCUT2D eigenvalue weighted by Crippen LogP contribution is 2.28. The lowest BCUT2D eigenvalue weighted by Crippen LogP contribution is -2.37. The molecule has 1 saturated heterocycles. The van der Waals surface area contributed by atoms with Crippen LogP contribution in [0, 0.1) is 11.8 Å². The van der Waals surface area contributed by atoms with E-state index in [4.69, 9.17) is 10.7 Å². The Balaban J connectivity index is 1.77. The number of pyridine rings is 1. The number of carbonyl (C=O) groups excluding carboxylic acids is 1. The van der Waals surface area contributed by atoms with E-state index in [0.717, 1.165) is 16.6 Å². The number of aliphatic hydroxyl groups is 1. The minimum absolute atomic E-state index is 0.179. The van der Waals surface area contributed by atoms with Gasteiger partial charge in [0.15, 0.2) is 5.82 Å². The largest absolute Gasteiger partial charge is 0.382 e. The van der Waals surface area contributed by atoms with Crippen LogP contribution in [-0.4, -0.2) is 50.1 Å². The maximum Gasteiger partial charge on any atom is 0.267 e. The summed E-state index contributed by atoms with van der Waals surface area (Å²) in [6.45, 7) is 4.63. The Kier molecular flexibility index (Phi) is 4.88. The minimum Gasteiger partial charge on any atom is -0.382 e. The molecule has 1 aliphatic heterocycles. The predicted octanol–water partition coefficient (Wildman–Crippen LogP) is 2.34. The van der Waals surface area contributed by atoms with E-state index in [0.29, 0.717) is 35.7 Å². The van der Waals surface area contributed by atoms with E-state index in [1.807, 2.05) is 30.3 Å². The molecule has 0 radical (unpaired) electrons. The van der Waals surface area contributed by atoms with Gasteiger partial charge in [0.1, 0.15) is 11.3 Å². The first-order valence-corrected chi connectivity index (χ1v) is 9.82. The van der Waals surface area contributed by atoms with Gasteiger partial charge in [0.25, 0.3) is 5.91 Å². The van der Waals surface area contributed by atoms with E-state index in [-0.39, 0.29) is 11.8 Å². The molecule has 1 aromatic carbocycles. The molecule has 1 fully saturated rings. The first-order chi connectivity index (χ1) is 14.3. The SMILES string of the molecule is CC(C)c1nc(-c2cccc(C#C[C@@]3(O)CCN(C)C3=O)c2)nc2c(N)nccc12. The van der Waals surface area contributed by atoms with Crippen molar-refractivity contribution in [1.82, 2.24) is 19.9 Å². The number of aromatic nitrogens is 3. The molecule has 0 spiro atoms. The number of fused-ring (bicyclic) bond motifs is 1. The number of benzene rings is 1. The second kappa shape index (κ2) is 7.39. The van der Waals surface area contributed by atoms with Crippen molar-refractivity contribution in [3.05, 3.63) is 47.8 Å². The lowest BCUT2D eigenvalue weighted by atomic mass is 10.0. The van der Waals surface area contributed by atoms with Crippen LogP contribution in [-0.2, 0) is 4.79 Å². The van der Waals surface area contributed by atoms with Gasteiger partial charge < -0.3 is 15.7 Å². The van der Waals surface area contributed by atoms with Gasteiger partial charge in [-0.25, -0.2) is 15.0 Å². The van der Waals surface area contributed by atoms with E-state index in [1.54, 1.807) is 13.2 Å². The molecule has 152 valence electrons. The summed E-state index contributed by atoms with van der Waals surface area (Å²) in [7, 11) is 1.66. The zero-order valence-electron chi connectivity index (χ0n) is 17.2. The maximum atomic E-state index is 12.1. The third-order valence-corrected chi connectivity index (χ3v) is 5.26. The Hall–Kier alpha value is -3.50. The van der Waals surface area contributed by atoms with Crippen LogP contribution in [0.15, 0.2) is 36.5 Å². The summed E-state index contributed by atoms with van der Waals surface area (Å²) in [6, 6.07) is 9.29. The Labute approximate surface area is 175 Å². The molecule has 7 heteroatoms.